The molecule has 26 heavy (non-hydrogen) atoms. The zero-order chi connectivity index (χ0) is 18.1. The first-order chi connectivity index (χ1) is 12.6. The Labute approximate surface area is 152 Å². The summed E-state index contributed by atoms with van der Waals surface area (Å²) < 4.78 is 7.24. The molecule has 1 aliphatic heterocycles. The van der Waals surface area contributed by atoms with Gasteiger partial charge in [-0.1, -0.05) is 6.07 Å². The number of fused-ring (bicyclic) bond motifs is 1. The molecule has 2 aromatic heterocycles. The lowest BCUT2D eigenvalue weighted by atomic mass is 10.2. The van der Waals surface area contributed by atoms with E-state index in [1.807, 2.05) is 60.8 Å². The van der Waals surface area contributed by atoms with Gasteiger partial charge >= 0.3 is 0 Å². The van der Waals surface area contributed by atoms with Gasteiger partial charge in [0.1, 0.15) is 11.3 Å². The molecule has 3 aromatic rings. The molecule has 134 valence electrons. The Morgan fingerprint density at radius 1 is 1.12 bits per heavy atom. The zero-order valence-electron chi connectivity index (χ0n) is 15.0. The predicted octanol–water partition coefficient (Wildman–Crippen LogP) is 3.04. The first-order valence-corrected chi connectivity index (χ1v) is 8.82. The molecule has 0 unspecified atom stereocenters. The summed E-state index contributed by atoms with van der Waals surface area (Å²) in [5.74, 6) is -0.153. The highest BCUT2D eigenvalue weighted by Gasteiger charge is 2.18. The average Bonchev–Trinajstić information content (AvgIpc) is 3.00. The molecule has 1 aliphatic rings. The topological polar surface area (TPSA) is 58.9 Å². The van der Waals surface area contributed by atoms with Gasteiger partial charge in [-0.15, -0.1) is 0 Å². The normalized spacial score (nSPS) is 14.6. The lowest BCUT2D eigenvalue weighted by Crippen LogP contribution is -2.36. The van der Waals surface area contributed by atoms with Crippen molar-refractivity contribution in [3.05, 3.63) is 59.5 Å². The monoisotopic (exact) mass is 350 g/mol. The number of benzene rings is 1. The van der Waals surface area contributed by atoms with Crippen molar-refractivity contribution in [1.29, 1.82) is 0 Å². The number of rotatable bonds is 3. The van der Waals surface area contributed by atoms with Crippen LogP contribution in [0.5, 0.6) is 0 Å². The Morgan fingerprint density at radius 3 is 2.58 bits per heavy atom. The van der Waals surface area contributed by atoms with Gasteiger partial charge in [-0.05, 0) is 49.7 Å². The van der Waals surface area contributed by atoms with Gasteiger partial charge in [-0.3, -0.25) is 9.20 Å². The first-order valence-electron chi connectivity index (χ1n) is 8.82. The summed E-state index contributed by atoms with van der Waals surface area (Å²) >= 11 is 0. The molecule has 1 aromatic carbocycles. The third-order valence-electron chi connectivity index (χ3n) is 4.74. The Kier molecular flexibility index (Phi) is 4.34. The molecule has 0 radical (unpaired) electrons. The van der Waals surface area contributed by atoms with Crippen LogP contribution in [0.3, 0.4) is 0 Å². The number of nitrogens with one attached hydrogen (secondary N) is 1. The zero-order valence-corrected chi connectivity index (χ0v) is 15.0. The van der Waals surface area contributed by atoms with Crippen molar-refractivity contribution in [1.82, 2.24) is 9.38 Å². The van der Waals surface area contributed by atoms with Crippen molar-refractivity contribution in [3.63, 3.8) is 0 Å². The fourth-order valence-corrected chi connectivity index (χ4v) is 3.36. The minimum absolute atomic E-state index is 0.153. The second kappa shape index (κ2) is 6.80. The maximum Gasteiger partial charge on any atom is 0.274 e. The molecular formula is C20H22N4O2. The van der Waals surface area contributed by atoms with Crippen LogP contribution in [0.25, 0.3) is 5.65 Å². The van der Waals surface area contributed by atoms with Gasteiger partial charge in [-0.25, -0.2) is 4.98 Å². The molecule has 0 atom stereocenters. The van der Waals surface area contributed by atoms with Gasteiger partial charge < -0.3 is 15.0 Å². The summed E-state index contributed by atoms with van der Waals surface area (Å²) in [6, 6.07) is 11.9. The summed E-state index contributed by atoms with van der Waals surface area (Å²) in [5, 5.41) is 2.98. The van der Waals surface area contributed by atoms with E-state index in [1.54, 1.807) is 0 Å². The van der Waals surface area contributed by atoms with Gasteiger partial charge in [-0.2, -0.15) is 0 Å². The Hall–Kier alpha value is -2.86. The van der Waals surface area contributed by atoms with Gasteiger partial charge in [0.05, 0.1) is 18.9 Å². The van der Waals surface area contributed by atoms with Crippen LogP contribution in [0.4, 0.5) is 11.4 Å². The number of pyridine rings is 1. The minimum atomic E-state index is -0.153. The van der Waals surface area contributed by atoms with Crippen molar-refractivity contribution >= 4 is 22.9 Å². The molecule has 1 fully saturated rings. The van der Waals surface area contributed by atoms with E-state index in [0.717, 1.165) is 54.6 Å². The molecule has 0 saturated carbocycles. The molecule has 1 amide bonds. The van der Waals surface area contributed by atoms with Crippen LogP contribution in [0.1, 0.15) is 21.7 Å². The minimum Gasteiger partial charge on any atom is -0.378 e. The molecule has 1 N–H and O–H groups in total. The highest BCUT2D eigenvalue weighted by Crippen LogP contribution is 2.21. The van der Waals surface area contributed by atoms with Crippen molar-refractivity contribution in [3.8, 4) is 0 Å². The molecule has 0 aliphatic carbocycles. The van der Waals surface area contributed by atoms with E-state index in [9.17, 15) is 4.79 Å². The molecule has 6 nitrogen and oxygen atoms in total. The van der Waals surface area contributed by atoms with Crippen LogP contribution >= 0.6 is 0 Å². The van der Waals surface area contributed by atoms with Crippen LogP contribution in [0.15, 0.2) is 42.6 Å². The lowest BCUT2D eigenvalue weighted by molar-refractivity contribution is 0.102. The number of aromatic nitrogens is 2. The number of morpholine rings is 1. The van der Waals surface area contributed by atoms with E-state index < -0.39 is 0 Å². The Morgan fingerprint density at radius 2 is 1.85 bits per heavy atom. The third-order valence-corrected chi connectivity index (χ3v) is 4.74. The van der Waals surface area contributed by atoms with Crippen molar-refractivity contribution in [2.24, 2.45) is 0 Å². The number of aryl methyl sites for hydroxylation is 2. The van der Waals surface area contributed by atoms with Crippen LogP contribution in [-0.2, 0) is 4.74 Å². The smallest absolute Gasteiger partial charge is 0.274 e. The van der Waals surface area contributed by atoms with E-state index in [0.29, 0.717) is 5.69 Å². The number of hydrogen-bond donors (Lipinski definition) is 1. The predicted molar refractivity (Wildman–Crippen MR) is 102 cm³/mol. The van der Waals surface area contributed by atoms with E-state index in [-0.39, 0.29) is 5.91 Å². The fraction of sp³-hybridized carbons (Fsp3) is 0.300. The van der Waals surface area contributed by atoms with Crippen LogP contribution < -0.4 is 10.2 Å². The molecule has 6 heteroatoms. The standard InChI is InChI=1S/C20H22N4O2/c1-14-4-3-9-24-18(15(2)21-19(14)24)20(25)22-16-5-7-17(8-6-16)23-10-12-26-13-11-23/h3-9H,10-13H2,1-2H3,(H,22,25). The van der Waals surface area contributed by atoms with Crippen molar-refractivity contribution in [2.75, 3.05) is 36.5 Å². The number of amides is 1. The summed E-state index contributed by atoms with van der Waals surface area (Å²) in [4.78, 5) is 19.6. The summed E-state index contributed by atoms with van der Waals surface area (Å²) in [6.45, 7) is 7.16. The maximum absolute atomic E-state index is 12.8. The molecule has 4 rings (SSSR count). The Bertz CT molecular complexity index is 940. The molecular weight excluding hydrogens is 328 g/mol. The van der Waals surface area contributed by atoms with Gasteiger partial charge in [0.25, 0.3) is 5.91 Å². The van der Waals surface area contributed by atoms with E-state index in [2.05, 4.69) is 15.2 Å². The second-order valence-electron chi connectivity index (χ2n) is 6.53. The van der Waals surface area contributed by atoms with E-state index in [4.69, 9.17) is 4.74 Å². The van der Waals surface area contributed by atoms with Crippen LogP contribution in [0, 0.1) is 13.8 Å². The summed E-state index contributed by atoms with van der Waals surface area (Å²) in [7, 11) is 0. The van der Waals surface area contributed by atoms with Crippen LogP contribution in [-0.4, -0.2) is 41.6 Å². The Balaban J connectivity index is 1.55. The number of hydrogen-bond acceptors (Lipinski definition) is 4. The van der Waals surface area contributed by atoms with Gasteiger partial charge in [0.2, 0.25) is 0 Å². The highest BCUT2D eigenvalue weighted by atomic mass is 16.5. The first kappa shape index (κ1) is 16.6. The average molecular weight is 350 g/mol. The van der Waals surface area contributed by atoms with Crippen molar-refractivity contribution in [2.45, 2.75) is 13.8 Å². The largest absolute Gasteiger partial charge is 0.378 e. The number of carbonyl (C=O) groups excluding carboxylic acids is 1. The second-order valence-corrected chi connectivity index (χ2v) is 6.53. The molecule has 0 spiro atoms. The molecule has 0 bridgehead atoms. The van der Waals surface area contributed by atoms with Gasteiger partial charge in [0, 0.05) is 30.7 Å². The summed E-state index contributed by atoms with van der Waals surface area (Å²) in [5.41, 5.74) is 5.08. The molecule has 3 heterocycles. The SMILES string of the molecule is Cc1nc2c(C)cccn2c1C(=O)Nc1ccc(N2CCOCC2)cc1. The third kappa shape index (κ3) is 3.04. The number of nitrogens with zero attached hydrogens (tertiary/aromatic N) is 3. The highest BCUT2D eigenvalue weighted by molar-refractivity contribution is 6.04. The number of carbonyl (C=O) groups is 1. The van der Waals surface area contributed by atoms with E-state index in [1.165, 1.54) is 0 Å². The van der Waals surface area contributed by atoms with Gasteiger partial charge in [0.15, 0.2) is 0 Å². The number of ether oxygens (including phenoxy) is 1. The van der Waals surface area contributed by atoms with Crippen molar-refractivity contribution < 1.29 is 9.53 Å². The lowest BCUT2D eigenvalue weighted by Gasteiger charge is -2.28. The fourth-order valence-electron chi connectivity index (χ4n) is 3.36. The maximum atomic E-state index is 12.8. The quantitative estimate of drug-likeness (QED) is 0.789. The summed E-state index contributed by atoms with van der Waals surface area (Å²) in [6.07, 6.45) is 1.87. The number of imidazole rings is 1. The van der Waals surface area contributed by atoms with E-state index >= 15 is 0 Å². The molecule has 1 saturated heterocycles. The van der Waals surface area contributed by atoms with Crippen LogP contribution in [0.2, 0.25) is 0 Å². The number of anilines is 2.